The molecule has 1 saturated carbocycles. The molecule has 1 saturated heterocycles. The van der Waals surface area contributed by atoms with Gasteiger partial charge in [0.1, 0.15) is 0 Å². The van der Waals surface area contributed by atoms with Gasteiger partial charge in [-0.2, -0.15) is 5.10 Å². The van der Waals surface area contributed by atoms with Crippen LogP contribution in [0.1, 0.15) is 53.0 Å². The molecule has 1 aliphatic heterocycles. The van der Waals surface area contributed by atoms with Crippen molar-refractivity contribution < 1.29 is 32.3 Å². The summed E-state index contributed by atoms with van der Waals surface area (Å²) >= 11 is 0. The quantitative estimate of drug-likeness (QED) is 0.397. The number of carbonyl (C=O) groups excluding carboxylic acids is 3. The number of carbonyl (C=O) groups is 3. The predicted octanol–water partition coefficient (Wildman–Crippen LogP) is 0.606. The van der Waals surface area contributed by atoms with Gasteiger partial charge in [0.05, 0.1) is 40.8 Å². The van der Waals surface area contributed by atoms with E-state index in [9.17, 15) is 22.8 Å². The molecule has 0 bridgehead atoms. The smallest absolute Gasteiger partial charge is 0.339 e. The highest BCUT2D eigenvalue weighted by Gasteiger charge is 2.34. The molecule has 2 aliphatic rings. The summed E-state index contributed by atoms with van der Waals surface area (Å²) in [6, 6.07) is 0.584. The molecule has 3 amide bonds. The van der Waals surface area contributed by atoms with Crippen molar-refractivity contribution >= 4 is 38.8 Å². The number of rotatable bonds is 8. The number of aromatic nitrogens is 3. The van der Waals surface area contributed by atoms with Gasteiger partial charge in [0.15, 0.2) is 22.1 Å². The van der Waals surface area contributed by atoms with E-state index in [1.165, 1.54) is 7.11 Å². The van der Waals surface area contributed by atoms with Crippen LogP contribution >= 0.6 is 0 Å². The van der Waals surface area contributed by atoms with Gasteiger partial charge in [0.2, 0.25) is 0 Å². The Hall–Kier alpha value is -3.06. The monoisotopic (exact) mass is 493 g/mol. The number of urea groups is 1. The molecule has 0 radical (unpaired) electrons. The number of imide groups is 1. The molecule has 4 rings (SSSR count). The van der Waals surface area contributed by atoms with E-state index in [4.69, 9.17) is 14.5 Å². The van der Waals surface area contributed by atoms with Crippen molar-refractivity contribution in [2.75, 3.05) is 38.4 Å². The van der Waals surface area contributed by atoms with E-state index in [1.807, 2.05) is 0 Å². The number of aryl methyl sites for hydroxylation is 1. The number of nitrogens with zero attached hydrogens (tertiary/aromatic N) is 3. The second-order valence-electron chi connectivity index (χ2n) is 8.53. The van der Waals surface area contributed by atoms with Crippen LogP contribution in [0.4, 0.5) is 4.79 Å². The van der Waals surface area contributed by atoms with E-state index in [0.29, 0.717) is 28.8 Å². The van der Waals surface area contributed by atoms with Gasteiger partial charge in [-0.25, -0.2) is 27.7 Å². The Kier molecular flexibility index (Phi) is 6.84. The minimum absolute atomic E-state index is 0.0229. The third-order valence-electron chi connectivity index (χ3n) is 5.81. The van der Waals surface area contributed by atoms with Gasteiger partial charge < -0.3 is 14.8 Å². The van der Waals surface area contributed by atoms with Crippen LogP contribution in [0, 0.1) is 6.92 Å². The van der Waals surface area contributed by atoms with Crippen molar-refractivity contribution in [3.63, 3.8) is 0 Å². The van der Waals surface area contributed by atoms with Crippen LogP contribution in [0.2, 0.25) is 0 Å². The second kappa shape index (κ2) is 9.66. The number of nitrogens with one attached hydrogen (secondary N) is 2. The number of fused-ring (bicyclic) bond motifs is 1. The SMILES string of the molecule is COCCNC(=O)NC(=O)COC(=O)c1cc(C2CC2)nc2c1c(C)nn2C1CCS(=O)(=O)C1. The van der Waals surface area contributed by atoms with Gasteiger partial charge in [-0.1, -0.05) is 0 Å². The highest BCUT2D eigenvalue weighted by molar-refractivity contribution is 7.91. The Morgan fingerprint density at radius 3 is 2.65 bits per heavy atom. The maximum absolute atomic E-state index is 13.0. The van der Waals surface area contributed by atoms with Crippen LogP contribution in [-0.2, 0) is 24.1 Å². The second-order valence-corrected chi connectivity index (χ2v) is 10.8. The van der Waals surface area contributed by atoms with Crippen molar-refractivity contribution in [2.24, 2.45) is 0 Å². The molecule has 0 aromatic carbocycles. The molecule has 13 heteroatoms. The Balaban J connectivity index is 1.54. The van der Waals surface area contributed by atoms with E-state index in [2.05, 4.69) is 15.7 Å². The van der Waals surface area contributed by atoms with Crippen LogP contribution in [0.25, 0.3) is 11.0 Å². The van der Waals surface area contributed by atoms with Gasteiger partial charge in [-0.05, 0) is 32.3 Å². The molecular formula is C21H27N5O7S. The molecule has 2 fully saturated rings. The van der Waals surface area contributed by atoms with Crippen molar-refractivity contribution in [2.45, 2.75) is 38.1 Å². The number of methoxy groups -OCH3 is 1. The van der Waals surface area contributed by atoms with E-state index in [1.54, 1.807) is 17.7 Å². The van der Waals surface area contributed by atoms with E-state index >= 15 is 0 Å². The first kappa shape index (κ1) is 24.1. The zero-order valence-corrected chi connectivity index (χ0v) is 19.8. The molecule has 1 unspecified atom stereocenters. The van der Waals surface area contributed by atoms with E-state index in [-0.39, 0.29) is 42.2 Å². The predicted molar refractivity (Wildman–Crippen MR) is 120 cm³/mol. The fourth-order valence-corrected chi connectivity index (χ4v) is 5.68. The van der Waals surface area contributed by atoms with E-state index in [0.717, 1.165) is 12.8 Å². The molecule has 1 atom stereocenters. The third kappa shape index (κ3) is 5.36. The first-order chi connectivity index (χ1) is 16.2. The maximum atomic E-state index is 13.0. The molecule has 2 N–H and O–H groups in total. The summed E-state index contributed by atoms with van der Waals surface area (Å²) < 4.78 is 35.6. The van der Waals surface area contributed by atoms with Crippen LogP contribution in [0.3, 0.4) is 0 Å². The standard InChI is InChI=1S/C21H27N5O7S/c1-12-18-15(20(28)33-10-17(27)24-21(29)22-6-7-32-2)9-16(13-3-4-13)23-19(18)26(25-12)14-5-8-34(30,31)11-14/h9,13-14H,3-8,10-11H2,1-2H3,(H2,22,24,27,29). The number of sulfone groups is 1. The minimum atomic E-state index is -3.14. The van der Waals surface area contributed by atoms with Crippen LogP contribution in [0.15, 0.2) is 6.07 Å². The highest BCUT2D eigenvalue weighted by atomic mass is 32.2. The molecule has 34 heavy (non-hydrogen) atoms. The van der Waals surface area contributed by atoms with Crippen LogP contribution in [0.5, 0.6) is 0 Å². The van der Waals surface area contributed by atoms with Gasteiger partial charge in [0, 0.05) is 25.3 Å². The summed E-state index contributed by atoms with van der Waals surface area (Å²) in [6.07, 6.45) is 2.32. The number of ether oxygens (including phenoxy) is 2. The molecule has 12 nitrogen and oxygen atoms in total. The van der Waals surface area contributed by atoms with Crippen molar-refractivity contribution in [3.05, 3.63) is 23.0 Å². The first-order valence-corrected chi connectivity index (χ1v) is 12.8. The molecular weight excluding hydrogens is 466 g/mol. The summed E-state index contributed by atoms with van der Waals surface area (Å²) in [4.78, 5) is 41.4. The minimum Gasteiger partial charge on any atom is -0.452 e. The average Bonchev–Trinajstić information content (AvgIpc) is 3.50. The molecule has 184 valence electrons. The molecule has 1 aliphatic carbocycles. The summed E-state index contributed by atoms with van der Waals surface area (Å²) in [5.41, 5.74) is 1.89. The number of esters is 1. The van der Waals surface area contributed by atoms with Crippen LogP contribution in [-0.4, -0.2) is 79.5 Å². The Bertz CT molecular complexity index is 1240. The zero-order chi connectivity index (χ0) is 24.5. The average molecular weight is 494 g/mol. The topological polar surface area (TPSA) is 159 Å². The number of hydrogen-bond donors (Lipinski definition) is 2. The fourth-order valence-electron chi connectivity index (χ4n) is 3.99. The summed E-state index contributed by atoms with van der Waals surface area (Å²) in [5, 5.41) is 9.48. The van der Waals surface area contributed by atoms with Gasteiger partial charge in [-0.3, -0.25) is 10.1 Å². The van der Waals surface area contributed by atoms with Gasteiger partial charge >= 0.3 is 12.0 Å². The Labute approximate surface area is 196 Å². The largest absolute Gasteiger partial charge is 0.452 e. The van der Waals surface area contributed by atoms with E-state index < -0.39 is 34.4 Å². The number of hydrogen-bond acceptors (Lipinski definition) is 9. The van der Waals surface area contributed by atoms with Crippen LogP contribution < -0.4 is 10.6 Å². The fraction of sp³-hybridized carbons (Fsp3) is 0.571. The lowest BCUT2D eigenvalue weighted by Gasteiger charge is -2.12. The highest BCUT2D eigenvalue weighted by Crippen LogP contribution is 2.41. The lowest BCUT2D eigenvalue weighted by atomic mass is 10.1. The lowest BCUT2D eigenvalue weighted by molar-refractivity contribution is -0.123. The van der Waals surface area contributed by atoms with Crippen molar-refractivity contribution in [3.8, 4) is 0 Å². The molecule has 0 spiro atoms. The summed E-state index contributed by atoms with van der Waals surface area (Å²) in [5.74, 6) is -1.24. The zero-order valence-electron chi connectivity index (χ0n) is 19.0. The first-order valence-electron chi connectivity index (χ1n) is 11.0. The Morgan fingerprint density at radius 1 is 1.24 bits per heavy atom. The van der Waals surface area contributed by atoms with Crippen molar-refractivity contribution in [1.82, 2.24) is 25.4 Å². The number of amides is 3. The molecule has 3 heterocycles. The molecule has 2 aromatic rings. The molecule has 2 aromatic heterocycles. The van der Waals surface area contributed by atoms with Gasteiger partial charge in [0.25, 0.3) is 5.91 Å². The normalized spacial score (nSPS) is 19.2. The summed E-state index contributed by atoms with van der Waals surface area (Å²) in [7, 11) is -1.66. The van der Waals surface area contributed by atoms with Gasteiger partial charge in [-0.15, -0.1) is 0 Å². The summed E-state index contributed by atoms with van der Waals surface area (Å²) in [6.45, 7) is 1.58. The Morgan fingerprint density at radius 2 is 2.00 bits per heavy atom. The third-order valence-corrected chi connectivity index (χ3v) is 7.56. The lowest BCUT2D eigenvalue weighted by Crippen LogP contribution is -2.42. The maximum Gasteiger partial charge on any atom is 0.339 e. The van der Waals surface area contributed by atoms with Crippen molar-refractivity contribution in [1.29, 1.82) is 0 Å². The number of pyridine rings is 1.